The van der Waals surface area contributed by atoms with E-state index in [2.05, 4.69) is 5.32 Å². The largest absolute Gasteiger partial charge is 0.612 e. The van der Waals surface area contributed by atoms with Crippen LogP contribution in [0, 0.1) is 11.7 Å². The van der Waals surface area contributed by atoms with Crippen molar-refractivity contribution >= 4 is 28.0 Å². The van der Waals surface area contributed by atoms with Crippen LogP contribution in [-0.2, 0) is 11.2 Å². The van der Waals surface area contributed by atoms with Gasteiger partial charge >= 0.3 is 0 Å². The lowest BCUT2D eigenvalue weighted by Crippen LogP contribution is -2.31. The lowest BCUT2D eigenvalue weighted by molar-refractivity contribution is 0.0930. The molecule has 33 heavy (non-hydrogen) atoms. The molecule has 0 radical (unpaired) electrons. The maximum Gasteiger partial charge on any atom is 0.257 e. The predicted octanol–water partition coefficient (Wildman–Crippen LogP) is 5.66. The standard InChI is InChI=1S/C27H23FN2O2S/c1-33(32)26-23(27(31)30-24(18-14-15-18)19-10-7-11-20(28)16-19)21-12-5-6-13-22(21)29-25(26)17-8-3-2-4-9-17/h2-13,16,18,24H,14-15H2,1H3,(H,30,31). The fourth-order valence-corrected chi connectivity index (χ4v) is 5.23. The third kappa shape index (κ3) is 4.36. The van der Waals surface area contributed by atoms with Gasteiger partial charge in [-0.05, 0) is 53.7 Å². The fraction of sp³-hybridized carbons (Fsp3) is 0.185. The number of hydrogen-bond donors (Lipinski definition) is 1. The summed E-state index contributed by atoms with van der Waals surface area (Å²) in [5.74, 6) is -0.395. The van der Waals surface area contributed by atoms with E-state index in [4.69, 9.17) is 4.98 Å². The summed E-state index contributed by atoms with van der Waals surface area (Å²) in [5.41, 5.74) is 3.10. The molecule has 1 aliphatic rings. The lowest BCUT2D eigenvalue weighted by atomic mass is 9.99. The Morgan fingerprint density at radius 1 is 1.06 bits per heavy atom. The topological polar surface area (TPSA) is 65.0 Å². The first-order chi connectivity index (χ1) is 16.0. The van der Waals surface area contributed by atoms with E-state index < -0.39 is 11.2 Å². The highest BCUT2D eigenvalue weighted by molar-refractivity contribution is 7.91. The molecule has 1 fully saturated rings. The van der Waals surface area contributed by atoms with Gasteiger partial charge in [-0.1, -0.05) is 60.7 Å². The molecular formula is C27H23FN2O2S. The Balaban J connectivity index is 1.66. The SMILES string of the molecule is C[S+]([O-])c1c(-c2ccccc2)nc2ccccc2c1C(=O)NC(c1cccc(F)c1)C1CC1. The molecular weight excluding hydrogens is 435 g/mol. The van der Waals surface area contributed by atoms with Crippen molar-refractivity contribution in [2.75, 3.05) is 6.26 Å². The van der Waals surface area contributed by atoms with Crippen molar-refractivity contribution in [1.29, 1.82) is 0 Å². The van der Waals surface area contributed by atoms with Gasteiger partial charge in [0.25, 0.3) is 5.91 Å². The van der Waals surface area contributed by atoms with Crippen molar-refractivity contribution in [1.82, 2.24) is 10.3 Å². The summed E-state index contributed by atoms with van der Waals surface area (Å²) >= 11 is -1.47. The molecule has 2 unspecified atom stereocenters. The molecule has 2 atom stereocenters. The van der Waals surface area contributed by atoms with Gasteiger partial charge in [-0.2, -0.15) is 0 Å². The van der Waals surface area contributed by atoms with Gasteiger partial charge in [0.1, 0.15) is 23.3 Å². The molecule has 1 amide bonds. The number of hydrogen-bond acceptors (Lipinski definition) is 3. The number of para-hydroxylation sites is 1. The van der Waals surface area contributed by atoms with Crippen molar-refractivity contribution in [3.63, 3.8) is 0 Å². The third-order valence-electron chi connectivity index (χ3n) is 6.00. The van der Waals surface area contributed by atoms with Gasteiger partial charge in [0.2, 0.25) is 0 Å². The fourth-order valence-electron chi connectivity index (χ4n) is 4.31. The zero-order valence-corrected chi connectivity index (χ0v) is 18.9. The van der Waals surface area contributed by atoms with Crippen molar-refractivity contribution in [3.05, 3.63) is 95.8 Å². The van der Waals surface area contributed by atoms with Crippen molar-refractivity contribution in [3.8, 4) is 11.3 Å². The van der Waals surface area contributed by atoms with Gasteiger partial charge in [-0.15, -0.1) is 0 Å². The molecule has 166 valence electrons. The second-order valence-electron chi connectivity index (χ2n) is 8.35. The minimum atomic E-state index is -1.47. The first-order valence-electron chi connectivity index (χ1n) is 10.9. The van der Waals surface area contributed by atoms with Gasteiger partial charge in [-0.25, -0.2) is 9.37 Å². The van der Waals surface area contributed by atoms with E-state index in [1.54, 1.807) is 12.3 Å². The lowest BCUT2D eigenvalue weighted by Gasteiger charge is -2.22. The molecule has 1 saturated carbocycles. The highest BCUT2D eigenvalue weighted by Crippen LogP contribution is 2.42. The summed E-state index contributed by atoms with van der Waals surface area (Å²) in [4.78, 5) is 19.0. The van der Waals surface area contributed by atoms with Crippen LogP contribution in [0.25, 0.3) is 22.2 Å². The Hall–Kier alpha value is -3.22. The number of carbonyl (C=O) groups excluding carboxylic acids is 1. The van der Waals surface area contributed by atoms with E-state index in [-0.39, 0.29) is 23.7 Å². The van der Waals surface area contributed by atoms with E-state index >= 15 is 0 Å². The van der Waals surface area contributed by atoms with Crippen LogP contribution < -0.4 is 5.32 Å². The smallest absolute Gasteiger partial charge is 0.257 e. The molecule has 0 aliphatic heterocycles. The summed E-state index contributed by atoms with van der Waals surface area (Å²) in [6, 6.07) is 22.9. The first kappa shape index (κ1) is 21.6. The van der Waals surface area contributed by atoms with Crippen LogP contribution in [-0.4, -0.2) is 21.7 Å². The number of amides is 1. The number of pyridine rings is 1. The minimum Gasteiger partial charge on any atom is -0.612 e. The van der Waals surface area contributed by atoms with Gasteiger partial charge in [0, 0.05) is 10.9 Å². The average Bonchev–Trinajstić information content (AvgIpc) is 3.67. The van der Waals surface area contributed by atoms with Crippen LogP contribution in [0.2, 0.25) is 0 Å². The number of nitrogens with zero attached hydrogens (tertiary/aromatic N) is 1. The minimum absolute atomic E-state index is 0.257. The summed E-state index contributed by atoms with van der Waals surface area (Å²) in [5, 5.41) is 3.78. The van der Waals surface area contributed by atoms with Gasteiger partial charge in [0.15, 0.2) is 4.90 Å². The highest BCUT2D eigenvalue weighted by Gasteiger charge is 2.36. The number of halogens is 1. The molecule has 6 heteroatoms. The molecule has 0 spiro atoms. The molecule has 1 heterocycles. The summed E-state index contributed by atoms with van der Waals surface area (Å²) in [6.45, 7) is 0. The molecule has 0 saturated heterocycles. The molecule has 4 aromatic rings. The Morgan fingerprint density at radius 3 is 2.48 bits per heavy atom. The van der Waals surface area contributed by atoms with E-state index in [0.29, 0.717) is 27.1 Å². The highest BCUT2D eigenvalue weighted by atomic mass is 32.2. The number of fused-ring (bicyclic) bond motifs is 1. The van der Waals surface area contributed by atoms with Crippen molar-refractivity contribution in [2.45, 2.75) is 23.8 Å². The number of nitrogens with one attached hydrogen (secondary N) is 1. The maximum absolute atomic E-state index is 13.9. The zero-order valence-electron chi connectivity index (χ0n) is 18.1. The number of aromatic nitrogens is 1. The molecule has 0 bridgehead atoms. The Bertz CT molecular complexity index is 1320. The molecule has 1 aliphatic carbocycles. The average molecular weight is 459 g/mol. The van der Waals surface area contributed by atoms with E-state index in [9.17, 15) is 13.7 Å². The molecule has 4 nitrogen and oxygen atoms in total. The van der Waals surface area contributed by atoms with Crippen molar-refractivity contribution < 1.29 is 13.7 Å². The van der Waals surface area contributed by atoms with Crippen LogP contribution in [0.1, 0.15) is 34.8 Å². The van der Waals surface area contributed by atoms with E-state index in [0.717, 1.165) is 24.0 Å². The Morgan fingerprint density at radius 2 is 1.79 bits per heavy atom. The van der Waals surface area contributed by atoms with Gasteiger partial charge < -0.3 is 9.87 Å². The zero-order chi connectivity index (χ0) is 22.9. The third-order valence-corrected chi connectivity index (χ3v) is 6.97. The monoisotopic (exact) mass is 458 g/mol. The number of carbonyl (C=O) groups is 1. The van der Waals surface area contributed by atoms with Gasteiger partial charge in [-0.3, -0.25) is 4.79 Å². The summed E-state index contributed by atoms with van der Waals surface area (Å²) in [7, 11) is 0. The molecule has 3 aromatic carbocycles. The quantitative estimate of drug-likeness (QED) is 0.379. The second-order valence-corrected chi connectivity index (χ2v) is 9.66. The van der Waals surface area contributed by atoms with Crippen LogP contribution >= 0.6 is 0 Å². The van der Waals surface area contributed by atoms with E-state index in [1.807, 2.05) is 60.7 Å². The van der Waals surface area contributed by atoms with Crippen LogP contribution in [0.4, 0.5) is 4.39 Å². The maximum atomic E-state index is 13.9. The van der Waals surface area contributed by atoms with Crippen molar-refractivity contribution in [2.24, 2.45) is 5.92 Å². The van der Waals surface area contributed by atoms with E-state index in [1.165, 1.54) is 12.1 Å². The predicted molar refractivity (Wildman–Crippen MR) is 129 cm³/mol. The van der Waals surface area contributed by atoms with Crippen LogP contribution in [0.15, 0.2) is 83.8 Å². The summed E-state index contributed by atoms with van der Waals surface area (Å²) in [6.07, 6.45) is 3.51. The number of benzene rings is 3. The number of rotatable bonds is 6. The molecule has 1 N–H and O–H groups in total. The Kier molecular flexibility index (Phi) is 5.87. The van der Waals surface area contributed by atoms with Crippen LogP contribution in [0.3, 0.4) is 0 Å². The van der Waals surface area contributed by atoms with Gasteiger partial charge in [0.05, 0.1) is 11.6 Å². The summed E-state index contributed by atoms with van der Waals surface area (Å²) < 4.78 is 26.9. The second kappa shape index (κ2) is 8.96. The normalized spacial score (nSPS) is 15.2. The molecule has 5 rings (SSSR count). The first-order valence-corrected chi connectivity index (χ1v) is 12.5. The van der Waals surface area contributed by atoms with Crippen LogP contribution in [0.5, 0.6) is 0 Å². The molecule has 1 aromatic heterocycles. The Labute approximate surface area is 195 Å².